The summed E-state index contributed by atoms with van der Waals surface area (Å²) in [4.78, 5) is 24.3. The maximum absolute atomic E-state index is 12.4. The molecular weight excluding hydrogens is 472 g/mol. The van der Waals surface area contributed by atoms with E-state index in [1.54, 1.807) is 36.4 Å². The molecule has 1 amide bonds. The number of halogens is 1. The van der Waals surface area contributed by atoms with Crippen LogP contribution in [0.2, 0.25) is 0 Å². The number of nitrogens with zero attached hydrogens (tertiary/aromatic N) is 1. The molecule has 7 heteroatoms. The van der Waals surface area contributed by atoms with Gasteiger partial charge in [-0.15, -0.1) is 0 Å². The van der Waals surface area contributed by atoms with E-state index < -0.39 is 5.97 Å². The molecule has 172 valence electrons. The zero-order valence-electron chi connectivity index (χ0n) is 18.7. The number of methoxy groups -OCH3 is 1. The van der Waals surface area contributed by atoms with E-state index >= 15 is 0 Å². The van der Waals surface area contributed by atoms with Crippen LogP contribution in [0.15, 0.2) is 52.0 Å². The van der Waals surface area contributed by atoms with Crippen LogP contribution in [0.1, 0.15) is 74.2 Å². The molecule has 2 aromatic carbocycles. The number of esters is 1. The number of benzene rings is 2. The van der Waals surface area contributed by atoms with Crippen molar-refractivity contribution in [3.05, 3.63) is 58.1 Å². The number of unbranched alkanes of at least 4 members (excludes halogenated alkanes) is 6. The van der Waals surface area contributed by atoms with E-state index in [0.717, 1.165) is 17.3 Å². The predicted octanol–water partition coefficient (Wildman–Crippen LogP) is 6.27. The molecule has 0 spiro atoms. The topological polar surface area (TPSA) is 77.0 Å². The van der Waals surface area contributed by atoms with Gasteiger partial charge in [-0.05, 0) is 48.4 Å². The third kappa shape index (κ3) is 9.22. The standard InChI is InChI=1S/C25H31BrN2O4/c1-3-4-5-6-7-8-9-13-24(29)28-27-18-19-14-15-22(23(16-19)31-2)32-25(30)20-11-10-12-21(26)17-20/h10-12,14-18H,3-9,13H2,1-2H3,(H,28,29)/b27-18+. The Morgan fingerprint density at radius 1 is 1.00 bits per heavy atom. The predicted molar refractivity (Wildman–Crippen MR) is 130 cm³/mol. The molecule has 0 aromatic heterocycles. The summed E-state index contributed by atoms with van der Waals surface area (Å²) in [6.45, 7) is 2.20. The Labute approximate surface area is 198 Å². The summed E-state index contributed by atoms with van der Waals surface area (Å²) in [6.07, 6.45) is 10.2. The molecule has 0 saturated heterocycles. The van der Waals surface area contributed by atoms with Crippen molar-refractivity contribution in [3.63, 3.8) is 0 Å². The van der Waals surface area contributed by atoms with Crippen LogP contribution in [0.3, 0.4) is 0 Å². The van der Waals surface area contributed by atoms with Crippen LogP contribution in [0.25, 0.3) is 0 Å². The smallest absolute Gasteiger partial charge is 0.343 e. The van der Waals surface area contributed by atoms with Gasteiger partial charge in [0.05, 0.1) is 18.9 Å². The van der Waals surface area contributed by atoms with Gasteiger partial charge >= 0.3 is 5.97 Å². The molecule has 0 aliphatic carbocycles. The van der Waals surface area contributed by atoms with Gasteiger partial charge in [0, 0.05) is 10.9 Å². The SMILES string of the molecule is CCCCCCCCCC(=O)N/N=C/c1ccc(OC(=O)c2cccc(Br)c2)c(OC)c1. The Balaban J connectivity index is 1.82. The zero-order chi connectivity index (χ0) is 23.2. The second-order valence-electron chi connectivity index (χ2n) is 7.47. The number of carbonyl (C=O) groups excluding carboxylic acids is 2. The first kappa shape index (κ1) is 25.6. The minimum absolute atomic E-state index is 0.0960. The van der Waals surface area contributed by atoms with E-state index in [1.165, 1.54) is 45.4 Å². The van der Waals surface area contributed by atoms with Gasteiger partial charge in [0.2, 0.25) is 5.91 Å². The molecule has 0 heterocycles. The van der Waals surface area contributed by atoms with Crippen LogP contribution in [-0.4, -0.2) is 25.2 Å². The molecular formula is C25H31BrN2O4. The van der Waals surface area contributed by atoms with Crippen LogP contribution in [-0.2, 0) is 4.79 Å². The van der Waals surface area contributed by atoms with Gasteiger partial charge in [-0.25, -0.2) is 10.2 Å². The quantitative estimate of drug-likeness (QED) is 0.115. The van der Waals surface area contributed by atoms with Gasteiger partial charge < -0.3 is 9.47 Å². The van der Waals surface area contributed by atoms with E-state index in [2.05, 4.69) is 33.4 Å². The summed E-state index contributed by atoms with van der Waals surface area (Å²) >= 11 is 3.34. The molecule has 0 aliphatic rings. The van der Waals surface area contributed by atoms with Crippen molar-refractivity contribution in [1.82, 2.24) is 5.43 Å². The Kier molecular flexibility index (Phi) is 11.5. The molecule has 2 aromatic rings. The number of hydrogen-bond acceptors (Lipinski definition) is 5. The summed E-state index contributed by atoms with van der Waals surface area (Å²) in [5, 5.41) is 4.01. The lowest BCUT2D eigenvalue weighted by atomic mass is 10.1. The van der Waals surface area contributed by atoms with Crippen LogP contribution < -0.4 is 14.9 Å². The summed E-state index contributed by atoms with van der Waals surface area (Å²) in [6, 6.07) is 12.0. The van der Waals surface area contributed by atoms with Crippen molar-refractivity contribution in [2.75, 3.05) is 7.11 Å². The fourth-order valence-corrected chi connectivity index (χ4v) is 3.50. The molecule has 32 heavy (non-hydrogen) atoms. The highest BCUT2D eigenvalue weighted by Crippen LogP contribution is 2.28. The zero-order valence-corrected chi connectivity index (χ0v) is 20.3. The highest BCUT2D eigenvalue weighted by Gasteiger charge is 2.13. The van der Waals surface area contributed by atoms with Crippen LogP contribution in [0.4, 0.5) is 0 Å². The normalized spacial score (nSPS) is 10.8. The number of amides is 1. The van der Waals surface area contributed by atoms with E-state index in [-0.39, 0.29) is 5.91 Å². The van der Waals surface area contributed by atoms with E-state index in [1.807, 2.05) is 6.07 Å². The summed E-state index contributed by atoms with van der Waals surface area (Å²) in [5.74, 6) is 0.120. The van der Waals surface area contributed by atoms with Crippen molar-refractivity contribution in [2.45, 2.75) is 58.3 Å². The first-order valence-electron chi connectivity index (χ1n) is 11.0. The first-order chi connectivity index (χ1) is 15.5. The van der Waals surface area contributed by atoms with Crippen LogP contribution in [0.5, 0.6) is 11.5 Å². The van der Waals surface area contributed by atoms with Gasteiger partial charge in [-0.2, -0.15) is 5.10 Å². The Morgan fingerprint density at radius 2 is 1.75 bits per heavy atom. The van der Waals surface area contributed by atoms with Crippen molar-refractivity contribution in [1.29, 1.82) is 0 Å². The van der Waals surface area contributed by atoms with Crippen molar-refractivity contribution >= 4 is 34.0 Å². The largest absolute Gasteiger partial charge is 0.493 e. The van der Waals surface area contributed by atoms with E-state index in [0.29, 0.717) is 29.0 Å². The molecule has 0 unspecified atom stereocenters. The van der Waals surface area contributed by atoms with Crippen molar-refractivity contribution in [2.24, 2.45) is 5.10 Å². The van der Waals surface area contributed by atoms with E-state index in [4.69, 9.17) is 9.47 Å². The maximum atomic E-state index is 12.4. The average molecular weight is 503 g/mol. The Hall–Kier alpha value is -2.67. The molecule has 0 saturated carbocycles. The number of rotatable bonds is 13. The molecule has 0 fully saturated rings. The molecule has 0 aliphatic heterocycles. The van der Waals surface area contributed by atoms with Crippen molar-refractivity contribution in [3.8, 4) is 11.5 Å². The lowest BCUT2D eigenvalue weighted by Crippen LogP contribution is -2.16. The lowest BCUT2D eigenvalue weighted by Gasteiger charge is -2.10. The van der Waals surface area contributed by atoms with Crippen LogP contribution in [0, 0.1) is 0 Å². The van der Waals surface area contributed by atoms with Crippen LogP contribution >= 0.6 is 15.9 Å². The summed E-state index contributed by atoms with van der Waals surface area (Å²) in [5.41, 5.74) is 3.69. The number of hydrogen-bond donors (Lipinski definition) is 1. The van der Waals surface area contributed by atoms with Gasteiger partial charge in [0.25, 0.3) is 0 Å². The average Bonchev–Trinajstić information content (AvgIpc) is 2.79. The molecule has 0 atom stereocenters. The second-order valence-corrected chi connectivity index (χ2v) is 8.39. The number of nitrogens with one attached hydrogen (secondary N) is 1. The van der Waals surface area contributed by atoms with Gasteiger partial charge in [-0.3, -0.25) is 4.79 Å². The molecule has 2 rings (SSSR count). The fraction of sp³-hybridized carbons (Fsp3) is 0.400. The third-order valence-electron chi connectivity index (χ3n) is 4.86. The molecule has 6 nitrogen and oxygen atoms in total. The number of carbonyl (C=O) groups is 2. The minimum Gasteiger partial charge on any atom is -0.493 e. The number of ether oxygens (including phenoxy) is 2. The van der Waals surface area contributed by atoms with Crippen molar-refractivity contribution < 1.29 is 19.1 Å². The maximum Gasteiger partial charge on any atom is 0.343 e. The number of hydrazone groups is 1. The highest BCUT2D eigenvalue weighted by atomic mass is 79.9. The molecule has 1 N–H and O–H groups in total. The fourth-order valence-electron chi connectivity index (χ4n) is 3.10. The van der Waals surface area contributed by atoms with Gasteiger partial charge in [-0.1, -0.05) is 67.4 Å². The summed E-state index contributed by atoms with van der Waals surface area (Å²) in [7, 11) is 1.50. The van der Waals surface area contributed by atoms with E-state index in [9.17, 15) is 9.59 Å². The summed E-state index contributed by atoms with van der Waals surface area (Å²) < 4.78 is 11.6. The third-order valence-corrected chi connectivity index (χ3v) is 5.35. The molecule has 0 radical (unpaired) electrons. The van der Waals surface area contributed by atoms with Gasteiger partial charge in [0.1, 0.15) is 0 Å². The minimum atomic E-state index is -0.483. The van der Waals surface area contributed by atoms with Gasteiger partial charge in [0.15, 0.2) is 11.5 Å². The molecule has 0 bridgehead atoms. The lowest BCUT2D eigenvalue weighted by molar-refractivity contribution is -0.121. The highest BCUT2D eigenvalue weighted by molar-refractivity contribution is 9.10. The monoisotopic (exact) mass is 502 g/mol. The first-order valence-corrected chi connectivity index (χ1v) is 11.8. The Morgan fingerprint density at radius 3 is 2.47 bits per heavy atom. The second kappa shape index (κ2) is 14.4. The Bertz CT molecular complexity index is 915.